The summed E-state index contributed by atoms with van der Waals surface area (Å²) in [4.78, 5) is 16.8. The number of anilines is 1. The zero-order valence-corrected chi connectivity index (χ0v) is 18.1. The molecule has 0 saturated heterocycles. The Morgan fingerprint density at radius 3 is 2.44 bits per heavy atom. The number of aliphatic hydroxyl groups is 1. The molecule has 5 nitrogen and oxygen atoms in total. The second-order valence-electron chi connectivity index (χ2n) is 7.17. The molecule has 0 aliphatic heterocycles. The van der Waals surface area contributed by atoms with Gasteiger partial charge in [0, 0.05) is 22.2 Å². The van der Waals surface area contributed by atoms with Gasteiger partial charge in [-0.3, -0.25) is 4.79 Å². The number of amides is 1. The average molecular weight is 445 g/mol. The van der Waals surface area contributed by atoms with Crippen LogP contribution in [0.1, 0.15) is 15.9 Å². The van der Waals surface area contributed by atoms with Crippen LogP contribution in [0, 0.1) is 0 Å². The van der Waals surface area contributed by atoms with Crippen LogP contribution in [0.25, 0.3) is 22.3 Å². The van der Waals surface area contributed by atoms with E-state index >= 15 is 0 Å². The Kier molecular flexibility index (Phi) is 6.50. The molecule has 0 fully saturated rings. The number of hydrogen-bond acceptors (Lipinski definition) is 4. The minimum Gasteiger partial charge on any atom is -0.481 e. The number of carbonyl (C=O) groups is 1. The third kappa shape index (κ3) is 4.80. The second kappa shape index (κ2) is 9.64. The number of nitrogens with zero attached hydrogens (tertiary/aromatic N) is 1. The Bertz CT molecular complexity index is 1240. The highest BCUT2D eigenvalue weighted by Gasteiger charge is 2.12. The van der Waals surface area contributed by atoms with Crippen LogP contribution in [0.3, 0.4) is 0 Å². The normalized spacial score (nSPS) is 10.6. The van der Waals surface area contributed by atoms with Crippen LogP contribution in [0.2, 0.25) is 5.02 Å². The fourth-order valence-electron chi connectivity index (χ4n) is 3.36. The molecule has 2 N–H and O–H groups in total. The van der Waals surface area contributed by atoms with E-state index in [2.05, 4.69) is 10.3 Å². The quantitative estimate of drug-likeness (QED) is 0.393. The fourth-order valence-corrected chi connectivity index (χ4v) is 3.58. The molecule has 0 radical (unpaired) electrons. The number of aliphatic hydroxyl groups excluding tert-OH is 1. The van der Waals surface area contributed by atoms with Crippen molar-refractivity contribution >= 4 is 23.2 Å². The third-order valence-electron chi connectivity index (χ3n) is 5.07. The number of pyridine rings is 1. The van der Waals surface area contributed by atoms with Crippen LogP contribution >= 0.6 is 11.6 Å². The first kappa shape index (κ1) is 21.6. The van der Waals surface area contributed by atoms with Crippen LogP contribution in [-0.2, 0) is 6.61 Å². The van der Waals surface area contributed by atoms with Crippen LogP contribution < -0.4 is 10.1 Å². The van der Waals surface area contributed by atoms with Gasteiger partial charge in [-0.2, -0.15) is 0 Å². The third-order valence-corrected chi connectivity index (χ3v) is 5.40. The molecule has 0 atom stereocenters. The second-order valence-corrected chi connectivity index (χ2v) is 7.58. The Labute approximate surface area is 191 Å². The highest BCUT2D eigenvalue weighted by Crippen LogP contribution is 2.31. The van der Waals surface area contributed by atoms with E-state index in [1.165, 1.54) is 13.3 Å². The number of halogens is 1. The summed E-state index contributed by atoms with van der Waals surface area (Å²) < 4.78 is 5.04. The number of carbonyl (C=O) groups excluding carboxylic acids is 1. The van der Waals surface area contributed by atoms with E-state index in [-0.39, 0.29) is 12.5 Å². The average Bonchev–Trinajstić information content (AvgIpc) is 2.85. The topological polar surface area (TPSA) is 71.5 Å². The molecule has 0 aliphatic rings. The van der Waals surface area contributed by atoms with Gasteiger partial charge in [0.1, 0.15) is 0 Å². The van der Waals surface area contributed by atoms with Gasteiger partial charge in [0.15, 0.2) is 0 Å². The zero-order valence-electron chi connectivity index (χ0n) is 17.4. The number of aromatic nitrogens is 1. The molecule has 160 valence electrons. The van der Waals surface area contributed by atoms with Crippen molar-refractivity contribution < 1.29 is 14.6 Å². The molecule has 4 aromatic rings. The van der Waals surface area contributed by atoms with Crippen LogP contribution in [0.5, 0.6) is 5.88 Å². The summed E-state index contributed by atoms with van der Waals surface area (Å²) >= 11 is 6.44. The van der Waals surface area contributed by atoms with Crippen LogP contribution in [0.15, 0.2) is 85.1 Å². The number of nitrogens with one attached hydrogen (secondary N) is 1. The van der Waals surface area contributed by atoms with Crippen molar-refractivity contribution in [2.75, 3.05) is 12.4 Å². The summed E-state index contributed by atoms with van der Waals surface area (Å²) in [5.74, 6) is 0.218. The lowest BCUT2D eigenvalue weighted by molar-refractivity contribution is 0.102. The van der Waals surface area contributed by atoms with E-state index in [0.29, 0.717) is 22.2 Å². The number of benzene rings is 3. The lowest BCUT2D eigenvalue weighted by atomic mass is 9.98. The SMILES string of the molecule is COc1ccc(NC(=O)c2ccc(Cl)c(-c3ccc(-c4cccc(CO)c4)cc3)c2)cn1. The van der Waals surface area contributed by atoms with Gasteiger partial charge < -0.3 is 15.2 Å². The number of ether oxygens (including phenoxy) is 1. The molecule has 1 amide bonds. The lowest BCUT2D eigenvalue weighted by Gasteiger charge is -2.10. The van der Waals surface area contributed by atoms with Gasteiger partial charge in [-0.25, -0.2) is 4.98 Å². The largest absolute Gasteiger partial charge is 0.481 e. The number of methoxy groups -OCH3 is 1. The molecule has 32 heavy (non-hydrogen) atoms. The molecule has 1 aromatic heterocycles. The lowest BCUT2D eigenvalue weighted by Crippen LogP contribution is -2.12. The summed E-state index contributed by atoms with van der Waals surface area (Å²) in [6.07, 6.45) is 1.54. The van der Waals surface area contributed by atoms with Gasteiger partial charge in [0.05, 0.1) is 25.6 Å². The molecule has 0 aliphatic carbocycles. The van der Waals surface area contributed by atoms with Crippen molar-refractivity contribution in [2.45, 2.75) is 6.61 Å². The molecular weight excluding hydrogens is 424 g/mol. The summed E-state index contributed by atoms with van der Waals surface area (Å²) in [5, 5.41) is 12.7. The van der Waals surface area contributed by atoms with E-state index < -0.39 is 0 Å². The van der Waals surface area contributed by atoms with Crippen molar-refractivity contribution in [1.29, 1.82) is 0 Å². The molecular formula is C26H21ClN2O3. The van der Waals surface area contributed by atoms with E-state index in [0.717, 1.165) is 27.8 Å². The Morgan fingerprint density at radius 2 is 1.75 bits per heavy atom. The first-order valence-corrected chi connectivity index (χ1v) is 10.4. The molecule has 0 unspecified atom stereocenters. The van der Waals surface area contributed by atoms with Crippen molar-refractivity contribution in [3.63, 3.8) is 0 Å². The van der Waals surface area contributed by atoms with E-state index in [1.54, 1.807) is 30.3 Å². The Morgan fingerprint density at radius 1 is 0.969 bits per heavy atom. The van der Waals surface area contributed by atoms with E-state index in [1.807, 2.05) is 48.5 Å². The molecule has 6 heteroatoms. The molecule has 0 bridgehead atoms. The predicted octanol–water partition coefficient (Wildman–Crippen LogP) is 5.82. The number of hydrogen-bond donors (Lipinski definition) is 2. The Balaban J connectivity index is 1.57. The smallest absolute Gasteiger partial charge is 0.255 e. The minimum absolute atomic E-state index is 0.00295. The van der Waals surface area contributed by atoms with E-state index in [9.17, 15) is 9.90 Å². The predicted molar refractivity (Wildman–Crippen MR) is 127 cm³/mol. The first-order chi connectivity index (χ1) is 15.6. The standard InChI is InChI=1S/C26H21ClN2O3/c1-32-25-12-10-22(15-28-25)29-26(31)21-9-11-24(27)23(14-21)19-7-5-18(6-8-19)20-4-2-3-17(13-20)16-30/h2-15,30H,16H2,1H3,(H,29,31). The van der Waals surface area contributed by atoms with Crippen LogP contribution in [-0.4, -0.2) is 23.1 Å². The van der Waals surface area contributed by atoms with Gasteiger partial charge in [0.2, 0.25) is 5.88 Å². The maximum Gasteiger partial charge on any atom is 0.255 e. The molecule has 1 heterocycles. The van der Waals surface area contributed by atoms with Crippen molar-refractivity contribution in [3.05, 3.63) is 101 Å². The number of rotatable bonds is 6. The van der Waals surface area contributed by atoms with Gasteiger partial charge in [-0.15, -0.1) is 0 Å². The fraction of sp³-hybridized carbons (Fsp3) is 0.0769. The maximum absolute atomic E-state index is 12.7. The Hall–Kier alpha value is -3.67. The summed E-state index contributed by atoms with van der Waals surface area (Å²) in [5.41, 5.74) is 5.64. The van der Waals surface area contributed by atoms with Gasteiger partial charge >= 0.3 is 0 Å². The summed E-state index contributed by atoms with van der Waals surface area (Å²) in [6, 6.07) is 24.3. The molecule has 0 spiro atoms. The molecule has 4 rings (SSSR count). The van der Waals surface area contributed by atoms with Crippen molar-refractivity contribution in [2.24, 2.45) is 0 Å². The van der Waals surface area contributed by atoms with Crippen LogP contribution in [0.4, 0.5) is 5.69 Å². The van der Waals surface area contributed by atoms with Crippen molar-refractivity contribution in [3.8, 4) is 28.1 Å². The first-order valence-electron chi connectivity index (χ1n) is 9.99. The van der Waals surface area contributed by atoms with Crippen molar-refractivity contribution in [1.82, 2.24) is 4.98 Å². The van der Waals surface area contributed by atoms with Gasteiger partial charge in [0.25, 0.3) is 5.91 Å². The highest BCUT2D eigenvalue weighted by molar-refractivity contribution is 6.33. The van der Waals surface area contributed by atoms with E-state index in [4.69, 9.17) is 16.3 Å². The zero-order chi connectivity index (χ0) is 22.5. The maximum atomic E-state index is 12.7. The minimum atomic E-state index is -0.257. The van der Waals surface area contributed by atoms with Gasteiger partial charge in [-0.05, 0) is 52.6 Å². The highest BCUT2D eigenvalue weighted by atomic mass is 35.5. The summed E-state index contributed by atoms with van der Waals surface area (Å²) in [6.45, 7) is 0.00295. The molecule has 3 aromatic carbocycles. The monoisotopic (exact) mass is 444 g/mol. The van der Waals surface area contributed by atoms with Gasteiger partial charge in [-0.1, -0.05) is 54.1 Å². The molecule has 0 saturated carbocycles. The summed E-state index contributed by atoms with van der Waals surface area (Å²) in [7, 11) is 1.54.